The quantitative estimate of drug-likeness (QED) is 0.725. The second kappa shape index (κ2) is 7.27. The van der Waals surface area contributed by atoms with Crippen molar-refractivity contribution in [2.24, 2.45) is 0 Å². The molecule has 0 saturated carbocycles. The summed E-state index contributed by atoms with van der Waals surface area (Å²) in [7, 11) is 1.79. The Morgan fingerprint density at radius 2 is 2.33 bits per heavy atom. The van der Waals surface area contributed by atoms with Crippen molar-refractivity contribution in [3.05, 3.63) is 21.4 Å². The number of nitrogens with one attached hydrogen (secondary N) is 1. The van der Waals surface area contributed by atoms with E-state index >= 15 is 0 Å². The summed E-state index contributed by atoms with van der Waals surface area (Å²) in [5.74, 6) is 0. The summed E-state index contributed by atoms with van der Waals surface area (Å²) in [5, 5.41) is 3.69. The summed E-state index contributed by atoms with van der Waals surface area (Å²) in [6.45, 7) is 4.21. The normalized spacial score (nSPS) is 15.9. The summed E-state index contributed by atoms with van der Waals surface area (Å²) in [5.41, 5.74) is 1.62. The van der Waals surface area contributed by atoms with E-state index in [1.54, 1.807) is 22.4 Å². The van der Waals surface area contributed by atoms with E-state index in [1.165, 1.54) is 32.1 Å². The van der Waals surface area contributed by atoms with Crippen LogP contribution >= 0.6 is 11.3 Å². The number of hydrogen-bond acceptors (Lipinski definition) is 3. The molecule has 0 aliphatic heterocycles. The summed E-state index contributed by atoms with van der Waals surface area (Å²) < 4.78 is 5.17. The maximum Gasteiger partial charge on any atom is 0.0462 e. The molecule has 0 bridgehead atoms. The molecule has 0 saturated heterocycles. The van der Waals surface area contributed by atoms with Crippen LogP contribution in [-0.2, 0) is 17.6 Å². The molecule has 0 fully saturated rings. The van der Waals surface area contributed by atoms with Gasteiger partial charge in [0, 0.05) is 29.5 Å². The first-order valence-corrected chi connectivity index (χ1v) is 8.00. The summed E-state index contributed by atoms with van der Waals surface area (Å²) in [6, 6.07) is 2.99. The van der Waals surface area contributed by atoms with Gasteiger partial charge in [-0.05, 0) is 56.7 Å². The molecular weight excluding hydrogens is 242 g/mol. The molecule has 1 unspecified atom stereocenters. The van der Waals surface area contributed by atoms with E-state index in [0.29, 0.717) is 6.04 Å². The van der Waals surface area contributed by atoms with Gasteiger partial charge in [-0.15, -0.1) is 11.3 Å². The molecule has 3 heteroatoms. The van der Waals surface area contributed by atoms with Crippen molar-refractivity contribution in [2.75, 3.05) is 20.3 Å². The van der Waals surface area contributed by atoms with E-state index in [0.717, 1.165) is 19.6 Å². The van der Waals surface area contributed by atoms with E-state index in [4.69, 9.17) is 4.74 Å². The zero-order chi connectivity index (χ0) is 12.8. The van der Waals surface area contributed by atoms with Crippen molar-refractivity contribution in [2.45, 2.75) is 51.5 Å². The standard InChI is InChI=1S/C15H25NOS/c1-3-9-16-13(7-5-10-17-2)15-11-12-6-4-8-14(12)18-15/h11,13,16H,3-10H2,1-2H3. The molecule has 1 N–H and O–H groups in total. The highest BCUT2D eigenvalue weighted by atomic mass is 32.1. The van der Waals surface area contributed by atoms with Gasteiger partial charge in [0.1, 0.15) is 0 Å². The molecule has 2 rings (SSSR count). The molecule has 1 aliphatic rings. The van der Waals surface area contributed by atoms with Crippen molar-refractivity contribution in [3.8, 4) is 0 Å². The van der Waals surface area contributed by atoms with Gasteiger partial charge in [-0.25, -0.2) is 0 Å². The molecule has 2 nitrogen and oxygen atoms in total. The zero-order valence-electron chi connectivity index (χ0n) is 11.6. The zero-order valence-corrected chi connectivity index (χ0v) is 12.4. The minimum Gasteiger partial charge on any atom is -0.385 e. The highest BCUT2D eigenvalue weighted by molar-refractivity contribution is 7.12. The van der Waals surface area contributed by atoms with Gasteiger partial charge in [-0.1, -0.05) is 6.92 Å². The predicted molar refractivity (Wildman–Crippen MR) is 78.5 cm³/mol. The Hall–Kier alpha value is -0.380. The van der Waals surface area contributed by atoms with E-state index in [1.807, 2.05) is 11.3 Å². The van der Waals surface area contributed by atoms with Crippen LogP contribution in [0.15, 0.2) is 6.07 Å². The molecule has 0 spiro atoms. The van der Waals surface area contributed by atoms with Crippen LogP contribution in [0.2, 0.25) is 0 Å². The Kier molecular flexibility index (Phi) is 5.67. The lowest BCUT2D eigenvalue weighted by atomic mass is 10.1. The summed E-state index contributed by atoms with van der Waals surface area (Å²) in [6.07, 6.45) is 7.49. The van der Waals surface area contributed by atoms with Crippen LogP contribution in [0.5, 0.6) is 0 Å². The van der Waals surface area contributed by atoms with E-state index in [-0.39, 0.29) is 0 Å². The Balaban J connectivity index is 1.97. The number of ether oxygens (including phenoxy) is 1. The van der Waals surface area contributed by atoms with E-state index in [9.17, 15) is 0 Å². The number of hydrogen-bond donors (Lipinski definition) is 1. The molecule has 0 amide bonds. The van der Waals surface area contributed by atoms with Gasteiger partial charge in [0.05, 0.1) is 0 Å². The van der Waals surface area contributed by atoms with Crippen LogP contribution in [0.1, 0.15) is 54.0 Å². The lowest BCUT2D eigenvalue weighted by molar-refractivity contribution is 0.189. The van der Waals surface area contributed by atoms with Crippen molar-refractivity contribution in [1.29, 1.82) is 0 Å². The first-order valence-electron chi connectivity index (χ1n) is 7.19. The maximum atomic E-state index is 5.17. The number of rotatable bonds is 8. The van der Waals surface area contributed by atoms with Gasteiger partial charge in [-0.3, -0.25) is 0 Å². The molecule has 1 aromatic heterocycles. The van der Waals surface area contributed by atoms with Gasteiger partial charge in [0.15, 0.2) is 0 Å². The average Bonchev–Trinajstić information content (AvgIpc) is 2.94. The molecule has 0 aromatic carbocycles. The molecule has 1 heterocycles. The van der Waals surface area contributed by atoms with Gasteiger partial charge in [0.25, 0.3) is 0 Å². The van der Waals surface area contributed by atoms with Gasteiger partial charge < -0.3 is 10.1 Å². The fourth-order valence-electron chi connectivity index (χ4n) is 2.62. The van der Waals surface area contributed by atoms with Crippen molar-refractivity contribution in [3.63, 3.8) is 0 Å². The Labute approximate surface area is 115 Å². The Morgan fingerprint density at radius 1 is 1.44 bits per heavy atom. The van der Waals surface area contributed by atoms with Crippen LogP contribution in [-0.4, -0.2) is 20.3 Å². The third-order valence-electron chi connectivity index (χ3n) is 3.59. The molecule has 1 aliphatic carbocycles. The fourth-order valence-corrected chi connectivity index (χ4v) is 3.99. The molecular formula is C15H25NOS. The van der Waals surface area contributed by atoms with Crippen LogP contribution < -0.4 is 5.32 Å². The SMILES string of the molecule is CCCNC(CCCOC)c1cc2c(s1)CCC2. The van der Waals surface area contributed by atoms with Crippen LogP contribution in [0.3, 0.4) is 0 Å². The first-order chi connectivity index (χ1) is 8.85. The second-order valence-corrected chi connectivity index (χ2v) is 6.26. The lowest BCUT2D eigenvalue weighted by Gasteiger charge is -2.17. The van der Waals surface area contributed by atoms with Crippen LogP contribution in [0, 0.1) is 0 Å². The van der Waals surface area contributed by atoms with Crippen LogP contribution in [0.4, 0.5) is 0 Å². The molecule has 102 valence electrons. The smallest absolute Gasteiger partial charge is 0.0462 e. The minimum absolute atomic E-state index is 0.538. The summed E-state index contributed by atoms with van der Waals surface area (Å²) in [4.78, 5) is 3.18. The number of fused-ring (bicyclic) bond motifs is 1. The average molecular weight is 267 g/mol. The van der Waals surface area contributed by atoms with Crippen molar-refractivity contribution in [1.82, 2.24) is 5.32 Å². The van der Waals surface area contributed by atoms with Crippen molar-refractivity contribution >= 4 is 11.3 Å². The summed E-state index contributed by atoms with van der Waals surface area (Å²) >= 11 is 2.04. The molecule has 0 radical (unpaired) electrons. The largest absolute Gasteiger partial charge is 0.385 e. The number of methoxy groups -OCH3 is 1. The highest BCUT2D eigenvalue weighted by Crippen LogP contribution is 2.35. The van der Waals surface area contributed by atoms with Gasteiger partial charge in [0.2, 0.25) is 0 Å². The molecule has 1 atom stereocenters. The number of thiophene rings is 1. The Morgan fingerprint density at radius 3 is 3.06 bits per heavy atom. The first kappa shape index (κ1) is 14.0. The third kappa shape index (κ3) is 3.56. The third-order valence-corrected chi connectivity index (χ3v) is 4.94. The molecule has 18 heavy (non-hydrogen) atoms. The maximum absolute atomic E-state index is 5.17. The van der Waals surface area contributed by atoms with Gasteiger partial charge in [-0.2, -0.15) is 0 Å². The Bertz CT molecular complexity index is 340. The second-order valence-electron chi connectivity index (χ2n) is 5.09. The predicted octanol–water partition coefficient (Wildman–Crippen LogP) is 3.70. The minimum atomic E-state index is 0.538. The number of aryl methyl sites for hydroxylation is 2. The highest BCUT2D eigenvalue weighted by Gasteiger charge is 2.19. The van der Waals surface area contributed by atoms with Gasteiger partial charge >= 0.3 is 0 Å². The van der Waals surface area contributed by atoms with E-state index in [2.05, 4.69) is 18.3 Å². The lowest BCUT2D eigenvalue weighted by Crippen LogP contribution is -2.21. The topological polar surface area (TPSA) is 21.3 Å². The van der Waals surface area contributed by atoms with Crippen LogP contribution in [0.25, 0.3) is 0 Å². The molecule has 1 aromatic rings. The monoisotopic (exact) mass is 267 g/mol. The fraction of sp³-hybridized carbons (Fsp3) is 0.733. The van der Waals surface area contributed by atoms with Crippen molar-refractivity contribution < 1.29 is 4.74 Å². The van der Waals surface area contributed by atoms with E-state index < -0.39 is 0 Å².